The zero-order valence-corrected chi connectivity index (χ0v) is 15.9. The summed E-state index contributed by atoms with van der Waals surface area (Å²) >= 11 is 6.05. The van der Waals surface area contributed by atoms with Crippen molar-refractivity contribution in [3.05, 3.63) is 70.5 Å². The highest BCUT2D eigenvalue weighted by molar-refractivity contribution is 6.30. The lowest BCUT2D eigenvalue weighted by Crippen LogP contribution is -2.16. The molecule has 6 heteroatoms. The summed E-state index contributed by atoms with van der Waals surface area (Å²) < 4.78 is 1.95. The monoisotopic (exact) mass is 375 g/mol. The van der Waals surface area contributed by atoms with Crippen molar-refractivity contribution in [1.82, 2.24) is 20.0 Å². The van der Waals surface area contributed by atoms with Gasteiger partial charge in [-0.05, 0) is 56.2 Å². The lowest BCUT2D eigenvalue weighted by molar-refractivity contribution is 0.857. The Kier molecular flexibility index (Phi) is 3.65. The van der Waals surface area contributed by atoms with Gasteiger partial charge in [-0.1, -0.05) is 29.8 Å². The number of para-hydroxylation sites is 1. The maximum Gasteiger partial charge on any atom is 0.184 e. The first-order valence-electron chi connectivity index (χ1n) is 8.97. The number of aryl methyl sites for hydroxylation is 2. The van der Waals surface area contributed by atoms with E-state index in [4.69, 9.17) is 16.7 Å². The van der Waals surface area contributed by atoms with E-state index in [1.54, 1.807) is 0 Å². The van der Waals surface area contributed by atoms with E-state index in [9.17, 15) is 0 Å². The number of benzene rings is 2. The Morgan fingerprint density at radius 2 is 1.74 bits per heavy atom. The van der Waals surface area contributed by atoms with E-state index in [1.807, 2.05) is 35.9 Å². The first-order chi connectivity index (χ1) is 13.1. The van der Waals surface area contributed by atoms with Crippen LogP contribution in [0, 0.1) is 13.8 Å². The van der Waals surface area contributed by atoms with Crippen LogP contribution < -0.4 is 4.90 Å². The highest BCUT2D eigenvalue weighted by Gasteiger charge is 2.26. The summed E-state index contributed by atoms with van der Waals surface area (Å²) in [4.78, 5) is 2.22. The minimum Gasteiger partial charge on any atom is -0.322 e. The highest BCUT2D eigenvalue weighted by Crippen LogP contribution is 2.37. The van der Waals surface area contributed by atoms with Crippen molar-refractivity contribution < 1.29 is 0 Å². The summed E-state index contributed by atoms with van der Waals surface area (Å²) in [6, 6.07) is 16.2. The molecule has 0 N–H and O–H groups in total. The molecule has 1 aliphatic rings. The molecule has 27 heavy (non-hydrogen) atoms. The van der Waals surface area contributed by atoms with Gasteiger partial charge in [-0.2, -0.15) is 10.2 Å². The average Bonchev–Trinajstić information content (AvgIpc) is 3.25. The maximum absolute atomic E-state index is 6.05. The molecule has 0 unspecified atom stereocenters. The number of hydrogen-bond acceptors (Lipinski definition) is 4. The Bertz CT molecular complexity index is 1160. The number of anilines is 2. The SMILES string of the molecule is Cc1nnc(N2CCc3ccccc32)c2nn(-c3ccc(Cl)cc3)c(C)c12. The summed E-state index contributed by atoms with van der Waals surface area (Å²) in [6.07, 6.45) is 1.00. The van der Waals surface area contributed by atoms with Crippen molar-refractivity contribution in [1.29, 1.82) is 0 Å². The van der Waals surface area contributed by atoms with Gasteiger partial charge < -0.3 is 4.90 Å². The minimum atomic E-state index is 0.710. The lowest BCUT2D eigenvalue weighted by Gasteiger charge is -2.18. The fourth-order valence-electron chi connectivity index (χ4n) is 3.89. The molecular weight excluding hydrogens is 358 g/mol. The summed E-state index contributed by atoms with van der Waals surface area (Å²) in [7, 11) is 0. The minimum absolute atomic E-state index is 0.710. The quantitative estimate of drug-likeness (QED) is 0.506. The number of hydrogen-bond donors (Lipinski definition) is 0. The van der Waals surface area contributed by atoms with Gasteiger partial charge in [-0.3, -0.25) is 0 Å². The van der Waals surface area contributed by atoms with Crippen molar-refractivity contribution in [2.75, 3.05) is 11.4 Å². The predicted molar refractivity (Wildman–Crippen MR) is 108 cm³/mol. The average molecular weight is 376 g/mol. The Hall–Kier alpha value is -2.92. The van der Waals surface area contributed by atoms with Crippen LogP contribution in [-0.4, -0.2) is 26.5 Å². The highest BCUT2D eigenvalue weighted by atomic mass is 35.5. The molecule has 1 aliphatic heterocycles. The third-order valence-electron chi connectivity index (χ3n) is 5.20. The van der Waals surface area contributed by atoms with Crippen LogP contribution in [0.1, 0.15) is 17.0 Å². The Morgan fingerprint density at radius 1 is 0.963 bits per heavy atom. The van der Waals surface area contributed by atoms with Gasteiger partial charge in [-0.15, -0.1) is 5.10 Å². The molecule has 134 valence electrons. The van der Waals surface area contributed by atoms with Crippen LogP contribution in [0.15, 0.2) is 48.5 Å². The molecule has 0 amide bonds. The molecule has 0 bridgehead atoms. The van der Waals surface area contributed by atoms with E-state index < -0.39 is 0 Å². The van der Waals surface area contributed by atoms with Gasteiger partial charge in [0.15, 0.2) is 5.82 Å². The molecule has 0 spiro atoms. The van der Waals surface area contributed by atoms with Crippen LogP contribution in [0.5, 0.6) is 0 Å². The number of nitrogens with zero attached hydrogens (tertiary/aromatic N) is 5. The van der Waals surface area contributed by atoms with E-state index in [1.165, 1.54) is 11.3 Å². The van der Waals surface area contributed by atoms with Gasteiger partial charge in [0.1, 0.15) is 5.52 Å². The summed E-state index contributed by atoms with van der Waals surface area (Å²) in [5.41, 5.74) is 6.32. The van der Waals surface area contributed by atoms with Crippen molar-refractivity contribution in [2.45, 2.75) is 20.3 Å². The summed E-state index contributed by atoms with van der Waals surface area (Å²) in [5, 5.41) is 15.7. The second-order valence-electron chi connectivity index (χ2n) is 6.84. The largest absolute Gasteiger partial charge is 0.322 e. The summed E-state index contributed by atoms with van der Waals surface area (Å²) in [5.74, 6) is 0.816. The molecular formula is C21H18ClN5. The molecule has 2 aromatic heterocycles. The molecule has 0 atom stereocenters. The van der Waals surface area contributed by atoms with Crippen molar-refractivity contribution in [2.24, 2.45) is 0 Å². The molecule has 2 aromatic carbocycles. The lowest BCUT2D eigenvalue weighted by atomic mass is 10.2. The molecule has 5 nitrogen and oxygen atoms in total. The van der Waals surface area contributed by atoms with E-state index in [0.717, 1.165) is 46.8 Å². The van der Waals surface area contributed by atoms with E-state index in [-0.39, 0.29) is 0 Å². The van der Waals surface area contributed by atoms with Gasteiger partial charge in [0.2, 0.25) is 0 Å². The fourth-order valence-corrected chi connectivity index (χ4v) is 4.01. The number of fused-ring (bicyclic) bond motifs is 2. The smallest absolute Gasteiger partial charge is 0.184 e. The maximum atomic E-state index is 6.05. The Balaban J connectivity index is 1.73. The van der Waals surface area contributed by atoms with Gasteiger partial charge in [-0.25, -0.2) is 4.68 Å². The molecule has 3 heterocycles. The topological polar surface area (TPSA) is 46.8 Å². The molecule has 4 aromatic rings. The first kappa shape index (κ1) is 16.3. The Morgan fingerprint density at radius 3 is 2.56 bits per heavy atom. The molecule has 0 radical (unpaired) electrons. The van der Waals surface area contributed by atoms with Gasteiger partial charge >= 0.3 is 0 Å². The van der Waals surface area contributed by atoms with Crippen LogP contribution in [0.25, 0.3) is 16.6 Å². The van der Waals surface area contributed by atoms with Crippen LogP contribution in [0.3, 0.4) is 0 Å². The van der Waals surface area contributed by atoms with Crippen LogP contribution >= 0.6 is 11.6 Å². The second kappa shape index (κ2) is 6.06. The molecule has 0 aliphatic carbocycles. The van der Waals surface area contributed by atoms with Crippen molar-refractivity contribution in [3.8, 4) is 5.69 Å². The van der Waals surface area contributed by atoms with Gasteiger partial charge in [0, 0.05) is 17.3 Å². The normalized spacial score (nSPS) is 13.4. The van der Waals surface area contributed by atoms with Gasteiger partial charge in [0.05, 0.1) is 22.5 Å². The predicted octanol–water partition coefficient (Wildman–Crippen LogP) is 4.78. The van der Waals surface area contributed by atoms with E-state index in [2.05, 4.69) is 46.3 Å². The molecule has 0 saturated carbocycles. The van der Waals surface area contributed by atoms with Crippen LogP contribution in [0.4, 0.5) is 11.5 Å². The van der Waals surface area contributed by atoms with Crippen molar-refractivity contribution >= 4 is 34.0 Å². The number of aromatic nitrogens is 4. The fraction of sp³-hybridized carbons (Fsp3) is 0.190. The molecule has 5 rings (SSSR count). The van der Waals surface area contributed by atoms with Crippen molar-refractivity contribution in [3.63, 3.8) is 0 Å². The van der Waals surface area contributed by atoms with E-state index in [0.29, 0.717) is 5.02 Å². The third-order valence-corrected chi connectivity index (χ3v) is 5.45. The molecule has 0 fully saturated rings. The molecule has 0 saturated heterocycles. The third kappa shape index (κ3) is 2.50. The van der Waals surface area contributed by atoms with Crippen LogP contribution in [-0.2, 0) is 6.42 Å². The standard InChI is InChI=1S/C21H18ClN5/c1-13-19-14(2)27(17-9-7-16(22)8-10-17)25-20(19)21(24-23-13)26-12-11-15-5-3-4-6-18(15)26/h3-10H,11-12H2,1-2H3. The second-order valence-corrected chi connectivity index (χ2v) is 7.27. The van der Waals surface area contributed by atoms with Gasteiger partial charge in [0.25, 0.3) is 0 Å². The first-order valence-corrected chi connectivity index (χ1v) is 9.35. The number of halogens is 1. The summed E-state index contributed by atoms with van der Waals surface area (Å²) in [6.45, 7) is 4.94. The zero-order chi connectivity index (χ0) is 18.5. The number of rotatable bonds is 2. The van der Waals surface area contributed by atoms with Crippen LogP contribution in [0.2, 0.25) is 5.02 Å². The Labute approximate surface area is 162 Å². The zero-order valence-electron chi connectivity index (χ0n) is 15.1. The van der Waals surface area contributed by atoms with E-state index >= 15 is 0 Å².